The number of aliphatic imine (C=N–C) groups is 1. The van der Waals surface area contributed by atoms with Crippen molar-refractivity contribution >= 4 is 17.9 Å². The summed E-state index contributed by atoms with van der Waals surface area (Å²) < 4.78 is 5.25. The number of aromatic nitrogens is 1. The first kappa shape index (κ1) is 11.1. The average molecular weight is 242 g/mol. The van der Waals surface area contributed by atoms with E-state index in [1.165, 1.54) is 12.8 Å². The van der Waals surface area contributed by atoms with Gasteiger partial charge < -0.3 is 4.74 Å². The number of hydrogen-bond donors (Lipinski definition) is 0. The first-order valence-corrected chi connectivity index (χ1v) is 6.26. The van der Waals surface area contributed by atoms with E-state index in [2.05, 4.69) is 9.98 Å². The molecule has 0 aromatic carbocycles. The third-order valence-corrected chi connectivity index (χ3v) is 3.31. The van der Waals surface area contributed by atoms with E-state index in [1.807, 2.05) is 18.2 Å². The van der Waals surface area contributed by atoms with Crippen molar-refractivity contribution in [3.8, 4) is 0 Å². The Morgan fingerprint density at radius 2 is 2.11 bits per heavy atom. The first-order valence-electron chi connectivity index (χ1n) is 6.26. The lowest BCUT2D eigenvalue weighted by atomic mass is 10.1. The number of esters is 1. The topological polar surface area (TPSA) is 51.5 Å². The maximum atomic E-state index is 11.7. The molecule has 18 heavy (non-hydrogen) atoms. The van der Waals surface area contributed by atoms with Gasteiger partial charge in [-0.15, -0.1) is 0 Å². The number of nitrogens with zero attached hydrogens (tertiary/aromatic N) is 2. The Morgan fingerprint density at radius 3 is 2.83 bits per heavy atom. The molecule has 0 N–H and O–H groups in total. The van der Waals surface area contributed by atoms with Crippen molar-refractivity contribution in [2.24, 2.45) is 10.9 Å². The lowest BCUT2D eigenvalue weighted by Gasteiger charge is -2.05. The fourth-order valence-corrected chi connectivity index (χ4v) is 2.37. The second-order valence-corrected chi connectivity index (χ2v) is 4.61. The van der Waals surface area contributed by atoms with E-state index < -0.39 is 0 Å². The zero-order valence-corrected chi connectivity index (χ0v) is 10.0. The molecule has 0 atom stereocenters. The summed E-state index contributed by atoms with van der Waals surface area (Å²) in [5.41, 5.74) is 1.08. The summed E-state index contributed by atoms with van der Waals surface area (Å²) in [5, 5.41) is 0. The van der Waals surface area contributed by atoms with Gasteiger partial charge in [0.25, 0.3) is 0 Å². The zero-order valence-electron chi connectivity index (χ0n) is 10.0. The number of carbonyl (C=O) groups excluding carboxylic acids is 1. The summed E-state index contributed by atoms with van der Waals surface area (Å²) in [7, 11) is 0. The van der Waals surface area contributed by atoms with Gasteiger partial charge in [-0.3, -0.25) is 4.98 Å². The second-order valence-electron chi connectivity index (χ2n) is 4.61. The summed E-state index contributed by atoms with van der Waals surface area (Å²) in [6, 6.07) is 5.55. The van der Waals surface area contributed by atoms with Gasteiger partial charge in [-0.2, -0.15) is 0 Å². The Hall–Kier alpha value is -1.97. The number of hydrogen-bond acceptors (Lipinski definition) is 4. The van der Waals surface area contributed by atoms with Gasteiger partial charge in [0.15, 0.2) is 5.70 Å². The predicted molar refractivity (Wildman–Crippen MR) is 67.7 cm³/mol. The molecule has 2 aliphatic rings. The maximum Gasteiger partial charge on any atom is 0.363 e. The molecule has 0 spiro atoms. The van der Waals surface area contributed by atoms with Crippen LogP contribution in [0.4, 0.5) is 0 Å². The SMILES string of the molecule is O=C1OC(C2CCCC2)=N/C1=C/c1ccccn1. The van der Waals surface area contributed by atoms with Gasteiger partial charge in [0.05, 0.1) is 5.69 Å². The Bertz CT molecular complexity index is 514. The van der Waals surface area contributed by atoms with Gasteiger partial charge in [-0.05, 0) is 31.1 Å². The molecule has 1 saturated carbocycles. The summed E-state index contributed by atoms with van der Waals surface area (Å²) >= 11 is 0. The third-order valence-electron chi connectivity index (χ3n) is 3.31. The standard InChI is InChI=1S/C14H14N2O2/c17-14-12(9-11-7-3-4-8-15-11)16-13(18-14)10-5-1-2-6-10/h3-4,7-10H,1-2,5-6H2/b12-9+. The lowest BCUT2D eigenvalue weighted by molar-refractivity contribution is -0.130. The number of pyridine rings is 1. The van der Waals surface area contributed by atoms with Gasteiger partial charge in [0, 0.05) is 12.1 Å². The molecule has 0 bridgehead atoms. The van der Waals surface area contributed by atoms with Crippen molar-refractivity contribution < 1.29 is 9.53 Å². The van der Waals surface area contributed by atoms with E-state index in [1.54, 1.807) is 12.3 Å². The monoisotopic (exact) mass is 242 g/mol. The van der Waals surface area contributed by atoms with Gasteiger partial charge in [-0.1, -0.05) is 18.9 Å². The molecule has 1 aromatic rings. The predicted octanol–water partition coefficient (Wildman–Crippen LogP) is 2.57. The van der Waals surface area contributed by atoms with Crippen LogP contribution in [0.5, 0.6) is 0 Å². The summed E-state index contributed by atoms with van der Waals surface area (Å²) in [5.74, 6) is 0.561. The fourth-order valence-electron chi connectivity index (χ4n) is 2.37. The maximum absolute atomic E-state index is 11.7. The number of cyclic esters (lactones) is 1. The van der Waals surface area contributed by atoms with Crippen molar-refractivity contribution in [2.45, 2.75) is 25.7 Å². The number of carbonyl (C=O) groups is 1. The highest BCUT2D eigenvalue weighted by molar-refractivity contribution is 6.07. The lowest BCUT2D eigenvalue weighted by Crippen LogP contribution is -2.12. The number of rotatable bonds is 2. The zero-order chi connectivity index (χ0) is 12.4. The largest absolute Gasteiger partial charge is 0.406 e. The molecule has 4 nitrogen and oxygen atoms in total. The molecule has 1 aliphatic carbocycles. The molecular weight excluding hydrogens is 228 g/mol. The average Bonchev–Trinajstić information content (AvgIpc) is 3.01. The van der Waals surface area contributed by atoms with E-state index in [-0.39, 0.29) is 5.97 Å². The minimum absolute atomic E-state index is 0.323. The molecular formula is C14H14N2O2. The summed E-state index contributed by atoms with van der Waals surface area (Å²) in [4.78, 5) is 20.2. The van der Waals surface area contributed by atoms with Gasteiger partial charge in [0.1, 0.15) is 0 Å². The smallest absolute Gasteiger partial charge is 0.363 e. The third kappa shape index (κ3) is 2.18. The minimum Gasteiger partial charge on any atom is -0.406 e. The molecule has 3 rings (SSSR count). The highest BCUT2D eigenvalue weighted by Gasteiger charge is 2.30. The first-order chi connectivity index (χ1) is 8.83. The fraction of sp³-hybridized carbons (Fsp3) is 0.357. The second kappa shape index (κ2) is 4.72. The van der Waals surface area contributed by atoms with Crippen LogP contribution in [0.25, 0.3) is 6.08 Å². The molecule has 1 fully saturated rings. The Kier molecular flexibility index (Phi) is 2.92. The molecule has 0 amide bonds. The highest BCUT2D eigenvalue weighted by atomic mass is 16.6. The van der Waals surface area contributed by atoms with Crippen LogP contribution in [-0.2, 0) is 9.53 Å². The summed E-state index contributed by atoms with van der Waals surface area (Å²) in [6.45, 7) is 0. The quantitative estimate of drug-likeness (QED) is 0.591. The van der Waals surface area contributed by atoms with Crippen LogP contribution in [0.1, 0.15) is 31.4 Å². The van der Waals surface area contributed by atoms with E-state index in [9.17, 15) is 4.79 Å². The van der Waals surface area contributed by atoms with Gasteiger partial charge >= 0.3 is 5.97 Å². The van der Waals surface area contributed by atoms with Crippen LogP contribution in [0.2, 0.25) is 0 Å². The molecule has 1 aromatic heterocycles. The van der Waals surface area contributed by atoms with Crippen LogP contribution in [0, 0.1) is 5.92 Å². The molecule has 1 aliphatic heterocycles. The molecule has 92 valence electrons. The van der Waals surface area contributed by atoms with Crippen LogP contribution in [-0.4, -0.2) is 16.9 Å². The van der Waals surface area contributed by atoms with Gasteiger partial charge in [-0.25, -0.2) is 9.79 Å². The van der Waals surface area contributed by atoms with E-state index >= 15 is 0 Å². The van der Waals surface area contributed by atoms with Crippen LogP contribution < -0.4 is 0 Å². The van der Waals surface area contributed by atoms with E-state index in [0.29, 0.717) is 17.5 Å². The normalized spacial score (nSPS) is 22.3. The minimum atomic E-state index is -0.359. The molecule has 0 radical (unpaired) electrons. The highest BCUT2D eigenvalue weighted by Crippen LogP contribution is 2.30. The van der Waals surface area contributed by atoms with Crippen molar-refractivity contribution in [1.82, 2.24) is 4.98 Å². The van der Waals surface area contributed by atoms with E-state index in [0.717, 1.165) is 18.5 Å². The van der Waals surface area contributed by atoms with E-state index in [4.69, 9.17) is 4.74 Å². The molecule has 4 heteroatoms. The van der Waals surface area contributed by atoms with Crippen molar-refractivity contribution in [3.05, 3.63) is 35.8 Å². The van der Waals surface area contributed by atoms with Crippen LogP contribution in [0.3, 0.4) is 0 Å². The van der Waals surface area contributed by atoms with Crippen molar-refractivity contribution in [1.29, 1.82) is 0 Å². The molecule has 2 heterocycles. The molecule has 0 saturated heterocycles. The van der Waals surface area contributed by atoms with Crippen molar-refractivity contribution in [3.63, 3.8) is 0 Å². The van der Waals surface area contributed by atoms with Crippen molar-refractivity contribution in [2.75, 3.05) is 0 Å². The number of ether oxygens (including phenoxy) is 1. The Labute approximate surface area is 105 Å². The van der Waals surface area contributed by atoms with Gasteiger partial charge in [0.2, 0.25) is 5.90 Å². The Balaban J connectivity index is 1.84. The summed E-state index contributed by atoms with van der Waals surface area (Å²) in [6.07, 6.45) is 7.89. The Morgan fingerprint density at radius 1 is 1.28 bits per heavy atom. The van der Waals surface area contributed by atoms with Crippen LogP contribution in [0.15, 0.2) is 35.1 Å². The molecule has 0 unspecified atom stereocenters. The van der Waals surface area contributed by atoms with Crippen LogP contribution >= 0.6 is 0 Å².